The van der Waals surface area contributed by atoms with E-state index >= 15 is 0 Å². The van der Waals surface area contributed by atoms with Crippen LogP contribution in [0.25, 0.3) is 11.0 Å². The van der Waals surface area contributed by atoms with Crippen LogP contribution in [-0.2, 0) is 16.4 Å². The van der Waals surface area contributed by atoms with Crippen LogP contribution in [-0.4, -0.2) is 55.6 Å². The number of anilines is 2. The van der Waals surface area contributed by atoms with Crippen molar-refractivity contribution >= 4 is 32.5 Å². The van der Waals surface area contributed by atoms with E-state index in [9.17, 15) is 13.5 Å². The lowest BCUT2D eigenvalue weighted by molar-refractivity contribution is 0.260. The molecule has 0 aliphatic heterocycles. The zero-order valence-electron chi connectivity index (χ0n) is 17.6. The lowest BCUT2D eigenvalue weighted by atomic mass is 10.2. The van der Waals surface area contributed by atoms with Gasteiger partial charge >= 0.3 is 6.01 Å². The van der Waals surface area contributed by atoms with E-state index in [2.05, 4.69) is 25.3 Å². The van der Waals surface area contributed by atoms with Crippen molar-refractivity contribution in [2.24, 2.45) is 0 Å². The van der Waals surface area contributed by atoms with E-state index in [0.29, 0.717) is 23.0 Å². The molecule has 0 spiro atoms. The molecule has 0 unspecified atom stereocenters. The van der Waals surface area contributed by atoms with Gasteiger partial charge in [0, 0.05) is 24.6 Å². The van der Waals surface area contributed by atoms with E-state index in [-0.39, 0.29) is 25.3 Å². The van der Waals surface area contributed by atoms with Gasteiger partial charge in [-0.15, -0.1) is 0 Å². The van der Waals surface area contributed by atoms with Gasteiger partial charge in [-0.25, -0.2) is 23.4 Å². The van der Waals surface area contributed by atoms with Crippen molar-refractivity contribution in [2.45, 2.75) is 45.1 Å². The molecule has 0 aromatic carbocycles. The molecule has 0 bridgehead atoms. The number of nitrogens with one attached hydrogen (secondary N) is 1. The van der Waals surface area contributed by atoms with Gasteiger partial charge in [-0.2, -0.15) is 4.98 Å². The Morgan fingerprint density at radius 1 is 1.23 bits per heavy atom. The molecule has 3 aromatic rings. The standard InChI is InChI=1S/C19H26N6O4S/c1-12(2)25-14-8-16(21-9-13(14)22-17(25)10-26)23-15-6-7-20-18(24-15)29-11-19(3,4)30(5,27)28/h6-9,12,26H,10-11H2,1-5H3,(H,20,21,23,24). The van der Waals surface area contributed by atoms with Crippen molar-refractivity contribution in [3.8, 4) is 6.01 Å². The lowest BCUT2D eigenvalue weighted by Gasteiger charge is -2.21. The zero-order valence-corrected chi connectivity index (χ0v) is 18.4. The highest BCUT2D eigenvalue weighted by Crippen LogP contribution is 2.24. The van der Waals surface area contributed by atoms with Crippen molar-refractivity contribution in [2.75, 3.05) is 18.2 Å². The molecule has 0 saturated heterocycles. The quantitative estimate of drug-likeness (QED) is 0.547. The molecule has 0 amide bonds. The third-order valence-corrected chi connectivity index (χ3v) is 6.87. The summed E-state index contributed by atoms with van der Waals surface area (Å²) in [7, 11) is -3.30. The first kappa shape index (κ1) is 21.9. The number of aromatic nitrogens is 5. The predicted molar refractivity (Wildman–Crippen MR) is 114 cm³/mol. The van der Waals surface area contributed by atoms with Crippen LogP contribution in [0, 0.1) is 0 Å². The lowest BCUT2D eigenvalue weighted by Crippen LogP contribution is -2.37. The average molecular weight is 435 g/mol. The molecule has 0 aliphatic carbocycles. The number of ether oxygens (including phenoxy) is 1. The summed E-state index contributed by atoms with van der Waals surface area (Å²) < 4.78 is 30.0. The molecule has 0 aliphatic rings. The number of fused-ring (bicyclic) bond motifs is 1. The van der Waals surface area contributed by atoms with Gasteiger partial charge in [-0.3, -0.25) is 0 Å². The second-order valence-electron chi connectivity index (χ2n) is 7.88. The highest BCUT2D eigenvalue weighted by atomic mass is 32.2. The topological polar surface area (TPSA) is 132 Å². The van der Waals surface area contributed by atoms with E-state index in [0.717, 1.165) is 5.52 Å². The van der Waals surface area contributed by atoms with Crippen molar-refractivity contribution in [1.29, 1.82) is 0 Å². The number of rotatable bonds is 8. The Morgan fingerprint density at radius 3 is 2.60 bits per heavy atom. The Bertz CT molecular complexity index is 1160. The molecular formula is C19H26N6O4S. The van der Waals surface area contributed by atoms with Gasteiger partial charge in [0.2, 0.25) is 0 Å². The van der Waals surface area contributed by atoms with Gasteiger partial charge in [0.05, 0.1) is 11.7 Å². The molecule has 162 valence electrons. The minimum atomic E-state index is -3.30. The van der Waals surface area contributed by atoms with Crippen molar-refractivity contribution in [1.82, 2.24) is 24.5 Å². The first-order valence-corrected chi connectivity index (χ1v) is 11.3. The molecule has 2 N–H and O–H groups in total. The van der Waals surface area contributed by atoms with Crippen LogP contribution in [0.4, 0.5) is 11.6 Å². The summed E-state index contributed by atoms with van der Waals surface area (Å²) in [6.07, 6.45) is 4.31. The van der Waals surface area contributed by atoms with Crippen LogP contribution in [0.1, 0.15) is 39.6 Å². The first-order valence-electron chi connectivity index (χ1n) is 9.42. The zero-order chi connectivity index (χ0) is 22.1. The SMILES string of the molecule is CC(C)n1c(CO)nc2cnc(Nc3ccnc(OCC(C)(C)S(C)(=O)=O)n3)cc21. The van der Waals surface area contributed by atoms with Crippen molar-refractivity contribution in [3.63, 3.8) is 0 Å². The maximum Gasteiger partial charge on any atom is 0.318 e. The maximum absolute atomic E-state index is 11.8. The van der Waals surface area contributed by atoms with Gasteiger partial charge < -0.3 is 19.7 Å². The van der Waals surface area contributed by atoms with Gasteiger partial charge in [0.1, 0.15) is 40.9 Å². The van der Waals surface area contributed by atoms with Crippen LogP contribution in [0.2, 0.25) is 0 Å². The number of nitrogens with zero attached hydrogens (tertiary/aromatic N) is 5. The second kappa shape index (κ2) is 8.15. The first-order chi connectivity index (χ1) is 14.0. The molecule has 0 radical (unpaired) electrons. The van der Waals surface area contributed by atoms with E-state index in [4.69, 9.17) is 4.74 Å². The summed E-state index contributed by atoms with van der Waals surface area (Å²) in [5.74, 6) is 1.56. The van der Waals surface area contributed by atoms with Gasteiger partial charge in [-0.1, -0.05) is 0 Å². The normalized spacial score (nSPS) is 12.5. The monoisotopic (exact) mass is 434 g/mol. The Kier molecular flexibility index (Phi) is 5.95. The molecule has 3 heterocycles. The Morgan fingerprint density at radius 2 is 1.97 bits per heavy atom. The smallest absolute Gasteiger partial charge is 0.318 e. The number of pyridine rings is 1. The Labute approximate surface area is 175 Å². The molecule has 3 rings (SSSR count). The molecule has 30 heavy (non-hydrogen) atoms. The molecule has 0 atom stereocenters. The van der Waals surface area contributed by atoms with Crippen molar-refractivity contribution < 1.29 is 18.3 Å². The van der Waals surface area contributed by atoms with E-state index in [1.165, 1.54) is 12.5 Å². The summed E-state index contributed by atoms with van der Waals surface area (Å²) in [5.41, 5.74) is 1.53. The van der Waals surface area contributed by atoms with Crippen LogP contribution in [0.15, 0.2) is 24.5 Å². The summed E-state index contributed by atoms with van der Waals surface area (Å²) in [6.45, 7) is 6.97. The third kappa shape index (κ3) is 4.51. The molecule has 3 aromatic heterocycles. The van der Waals surface area contributed by atoms with Crippen molar-refractivity contribution in [3.05, 3.63) is 30.4 Å². The summed E-state index contributed by atoms with van der Waals surface area (Å²) in [5, 5.41) is 12.7. The fourth-order valence-corrected chi connectivity index (χ4v) is 3.03. The number of sulfone groups is 1. The van der Waals surface area contributed by atoms with Gasteiger partial charge in [0.15, 0.2) is 9.84 Å². The number of imidazole rings is 1. The fourth-order valence-electron chi connectivity index (χ4n) is 2.76. The number of hydrogen-bond donors (Lipinski definition) is 2. The highest BCUT2D eigenvalue weighted by Gasteiger charge is 2.31. The molecule has 10 nitrogen and oxygen atoms in total. The van der Waals surface area contributed by atoms with Crippen LogP contribution < -0.4 is 10.1 Å². The molecular weight excluding hydrogens is 408 g/mol. The summed E-state index contributed by atoms with van der Waals surface area (Å²) >= 11 is 0. The Hall–Kier alpha value is -2.79. The average Bonchev–Trinajstić information content (AvgIpc) is 3.04. The second-order valence-corrected chi connectivity index (χ2v) is 10.5. The van der Waals surface area contributed by atoms with E-state index < -0.39 is 14.6 Å². The summed E-state index contributed by atoms with van der Waals surface area (Å²) in [6, 6.07) is 3.66. The van der Waals surface area contributed by atoms with Gasteiger partial charge in [0.25, 0.3) is 0 Å². The summed E-state index contributed by atoms with van der Waals surface area (Å²) in [4.78, 5) is 17.1. The number of aliphatic hydroxyl groups is 1. The third-order valence-electron chi connectivity index (χ3n) is 4.75. The van der Waals surface area contributed by atoms with Crippen LogP contribution >= 0.6 is 0 Å². The largest absolute Gasteiger partial charge is 0.462 e. The van der Waals surface area contributed by atoms with Crippen LogP contribution in [0.3, 0.4) is 0 Å². The van der Waals surface area contributed by atoms with Crippen LogP contribution in [0.5, 0.6) is 6.01 Å². The molecule has 0 fully saturated rings. The minimum Gasteiger partial charge on any atom is -0.462 e. The number of hydrogen-bond acceptors (Lipinski definition) is 9. The van der Waals surface area contributed by atoms with Gasteiger partial charge in [-0.05, 0) is 33.8 Å². The fraction of sp³-hybridized carbons (Fsp3) is 0.474. The highest BCUT2D eigenvalue weighted by molar-refractivity contribution is 7.92. The minimum absolute atomic E-state index is 0.0626. The van der Waals surface area contributed by atoms with E-state index in [1.54, 1.807) is 26.1 Å². The predicted octanol–water partition coefficient (Wildman–Crippen LogP) is 2.24. The molecule has 0 saturated carbocycles. The molecule has 11 heteroatoms. The Balaban J connectivity index is 1.82. The van der Waals surface area contributed by atoms with E-state index in [1.807, 2.05) is 24.5 Å². The number of aliphatic hydroxyl groups excluding tert-OH is 1. The maximum atomic E-state index is 11.8.